The summed E-state index contributed by atoms with van der Waals surface area (Å²) in [6.45, 7) is 7.29. The molecule has 0 atom stereocenters. The average molecular weight is 239 g/mol. The Hall–Kier alpha value is -0.610. The summed E-state index contributed by atoms with van der Waals surface area (Å²) in [5.41, 5.74) is 1.08. The van der Waals surface area contributed by atoms with Gasteiger partial charge in [-0.25, -0.2) is 9.97 Å². The number of nitrogens with zero attached hydrogens (tertiary/aromatic N) is 2. The Morgan fingerprint density at radius 1 is 1.44 bits per heavy atom. The Morgan fingerprint density at radius 3 is 2.94 bits per heavy atom. The third-order valence-corrected chi connectivity index (χ3v) is 3.19. The van der Waals surface area contributed by atoms with Crippen LogP contribution in [0.3, 0.4) is 0 Å². The van der Waals surface area contributed by atoms with E-state index >= 15 is 0 Å². The maximum atomic E-state index is 4.52. The molecule has 0 amide bonds. The van der Waals surface area contributed by atoms with E-state index < -0.39 is 0 Å². The highest BCUT2D eigenvalue weighted by Crippen LogP contribution is 2.09. The second kappa shape index (κ2) is 7.63. The van der Waals surface area contributed by atoms with E-state index in [4.69, 9.17) is 0 Å². The number of aromatic nitrogens is 2. The molecule has 0 aromatic carbocycles. The maximum absolute atomic E-state index is 4.52. The molecule has 0 unspecified atom stereocenters. The third kappa shape index (κ3) is 5.47. The number of hydrogen-bond acceptors (Lipinski definition) is 4. The van der Waals surface area contributed by atoms with Crippen molar-refractivity contribution >= 4 is 11.8 Å². The molecule has 0 aliphatic rings. The minimum Gasteiger partial charge on any atom is -0.309 e. The van der Waals surface area contributed by atoms with Crippen LogP contribution in [0.15, 0.2) is 12.3 Å². The van der Waals surface area contributed by atoms with Crippen LogP contribution in [0, 0.1) is 0 Å². The standard InChI is InChI=1S/C12H21N3S/c1-4-7-16-9-12-13-6-5-11(15-12)8-14-10(2)3/h5-6,10,14H,4,7-9H2,1-3H3. The minimum atomic E-state index is 0.493. The van der Waals surface area contributed by atoms with Gasteiger partial charge in [0.1, 0.15) is 5.82 Å². The van der Waals surface area contributed by atoms with Crippen molar-refractivity contribution in [3.63, 3.8) is 0 Å². The van der Waals surface area contributed by atoms with E-state index in [0.29, 0.717) is 6.04 Å². The van der Waals surface area contributed by atoms with Crippen molar-refractivity contribution in [3.8, 4) is 0 Å². The van der Waals surface area contributed by atoms with E-state index in [-0.39, 0.29) is 0 Å². The van der Waals surface area contributed by atoms with Crippen molar-refractivity contribution in [1.82, 2.24) is 15.3 Å². The minimum absolute atomic E-state index is 0.493. The summed E-state index contributed by atoms with van der Waals surface area (Å²) in [5.74, 6) is 3.04. The van der Waals surface area contributed by atoms with Gasteiger partial charge in [-0.3, -0.25) is 0 Å². The SMILES string of the molecule is CCCSCc1nccc(CNC(C)C)n1. The lowest BCUT2D eigenvalue weighted by Crippen LogP contribution is -2.22. The molecule has 0 radical (unpaired) electrons. The van der Waals surface area contributed by atoms with Gasteiger partial charge in [0.05, 0.1) is 11.4 Å². The first kappa shape index (κ1) is 13.5. The van der Waals surface area contributed by atoms with E-state index in [0.717, 1.165) is 23.8 Å². The van der Waals surface area contributed by atoms with Crippen LogP contribution in [0.2, 0.25) is 0 Å². The molecule has 1 rings (SSSR count). The topological polar surface area (TPSA) is 37.8 Å². The van der Waals surface area contributed by atoms with Crippen LogP contribution < -0.4 is 5.32 Å². The van der Waals surface area contributed by atoms with Crippen molar-refractivity contribution < 1.29 is 0 Å². The number of rotatable bonds is 7. The smallest absolute Gasteiger partial charge is 0.138 e. The summed E-state index contributed by atoms with van der Waals surface area (Å²) in [6.07, 6.45) is 3.06. The summed E-state index contributed by atoms with van der Waals surface area (Å²) in [7, 11) is 0. The largest absolute Gasteiger partial charge is 0.309 e. The van der Waals surface area contributed by atoms with Crippen LogP contribution in [-0.2, 0) is 12.3 Å². The highest BCUT2D eigenvalue weighted by atomic mass is 32.2. The van der Waals surface area contributed by atoms with E-state index in [1.165, 1.54) is 12.2 Å². The van der Waals surface area contributed by atoms with E-state index in [1.807, 2.05) is 24.0 Å². The molecule has 0 spiro atoms. The zero-order valence-electron chi connectivity index (χ0n) is 10.4. The van der Waals surface area contributed by atoms with E-state index in [9.17, 15) is 0 Å². The van der Waals surface area contributed by atoms with Crippen LogP contribution in [-0.4, -0.2) is 21.8 Å². The molecule has 0 saturated carbocycles. The van der Waals surface area contributed by atoms with Gasteiger partial charge in [-0.2, -0.15) is 11.8 Å². The first-order chi connectivity index (χ1) is 7.72. The zero-order valence-corrected chi connectivity index (χ0v) is 11.2. The monoisotopic (exact) mass is 239 g/mol. The second-order valence-electron chi connectivity index (χ2n) is 4.05. The van der Waals surface area contributed by atoms with Gasteiger partial charge in [-0.05, 0) is 18.2 Å². The van der Waals surface area contributed by atoms with Crippen LogP contribution in [0.5, 0.6) is 0 Å². The van der Waals surface area contributed by atoms with Gasteiger partial charge in [-0.1, -0.05) is 20.8 Å². The summed E-state index contributed by atoms with van der Waals surface area (Å²) >= 11 is 1.89. The molecule has 0 aliphatic heterocycles. The molecule has 16 heavy (non-hydrogen) atoms. The Bertz CT molecular complexity index is 302. The fourth-order valence-corrected chi connectivity index (χ4v) is 1.98. The molecule has 0 saturated heterocycles. The first-order valence-corrected chi connectivity index (χ1v) is 6.99. The lowest BCUT2D eigenvalue weighted by molar-refractivity contribution is 0.579. The summed E-state index contributed by atoms with van der Waals surface area (Å²) in [4.78, 5) is 8.80. The molecule has 1 N–H and O–H groups in total. The Labute approximate surface area is 102 Å². The molecule has 1 aromatic rings. The molecule has 1 aromatic heterocycles. The Balaban J connectivity index is 2.43. The number of nitrogens with one attached hydrogen (secondary N) is 1. The average Bonchev–Trinajstić information content (AvgIpc) is 2.27. The Kier molecular flexibility index (Phi) is 6.42. The van der Waals surface area contributed by atoms with E-state index in [1.54, 1.807) is 0 Å². The molecular formula is C12H21N3S. The van der Waals surface area contributed by atoms with Gasteiger partial charge in [0.2, 0.25) is 0 Å². The highest BCUT2D eigenvalue weighted by molar-refractivity contribution is 7.98. The lowest BCUT2D eigenvalue weighted by atomic mass is 10.3. The van der Waals surface area contributed by atoms with Crippen LogP contribution >= 0.6 is 11.8 Å². The fourth-order valence-electron chi connectivity index (χ4n) is 1.23. The third-order valence-electron chi connectivity index (χ3n) is 2.03. The maximum Gasteiger partial charge on any atom is 0.138 e. The molecule has 0 bridgehead atoms. The van der Waals surface area contributed by atoms with Crippen molar-refractivity contribution in [2.75, 3.05) is 5.75 Å². The van der Waals surface area contributed by atoms with Gasteiger partial charge in [0.25, 0.3) is 0 Å². The lowest BCUT2D eigenvalue weighted by Gasteiger charge is -2.08. The molecule has 3 nitrogen and oxygen atoms in total. The second-order valence-corrected chi connectivity index (χ2v) is 5.16. The van der Waals surface area contributed by atoms with Gasteiger partial charge >= 0.3 is 0 Å². The van der Waals surface area contributed by atoms with Gasteiger partial charge in [0, 0.05) is 18.8 Å². The van der Waals surface area contributed by atoms with Crippen molar-refractivity contribution in [2.45, 2.75) is 45.5 Å². The first-order valence-electron chi connectivity index (χ1n) is 5.84. The summed E-state index contributed by atoms with van der Waals surface area (Å²) in [6, 6.07) is 2.47. The molecular weight excluding hydrogens is 218 g/mol. The predicted molar refractivity (Wildman–Crippen MR) is 70.5 cm³/mol. The normalized spacial score (nSPS) is 11.0. The molecule has 1 heterocycles. The van der Waals surface area contributed by atoms with Crippen LogP contribution in [0.25, 0.3) is 0 Å². The number of thioether (sulfide) groups is 1. The molecule has 4 heteroatoms. The summed E-state index contributed by atoms with van der Waals surface area (Å²) in [5, 5.41) is 3.36. The zero-order chi connectivity index (χ0) is 11.8. The Morgan fingerprint density at radius 2 is 2.25 bits per heavy atom. The highest BCUT2D eigenvalue weighted by Gasteiger charge is 2.00. The van der Waals surface area contributed by atoms with E-state index in [2.05, 4.69) is 36.1 Å². The molecule has 90 valence electrons. The van der Waals surface area contributed by atoms with Gasteiger partial charge < -0.3 is 5.32 Å². The van der Waals surface area contributed by atoms with Crippen molar-refractivity contribution in [1.29, 1.82) is 0 Å². The van der Waals surface area contributed by atoms with Crippen molar-refractivity contribution in [2.24, 2.45) is 0 Å². The molecule has 0 fully saturated rings. The van der Waals surface area contributed by atoms with Crippen molar-refractivity contribution in [3.05, 3.63) is 23.8 Å². The summed E-state index contributed by atoms with van der Waals surface area (Å²) < 4.78 is 0. The predicted octanol–water partition coefficient (Wildman–Crippen LogP) is 2.62. The molecule has 0 aliphatic carbocycles. The van der Waals surface area contributed by atoms with Crippen LogP contribution in [0.1, 0.15) is 38.7 Å². The fraction of sp³-hybridized carbons (Fsp3) is 0.667. The quantitative estimate of drug-likeness (QED) is 0.742. The van der Waals surface area contributed by atoms with Crippen LogP contribution in [0.4, 0.5) is 0 Å². The number of hydrogen-bond donors (Lipinski definition) is 1. The van der Waals surface area contributed by atoms with Gasteiger partial charge in [-0.15, -0.1) is 0 Å². The van der Waals surface area contributed by atoms with Gasteiger partial charge in [0.15, 0.2) is 0 Å².